The Morgan fingerprint density at radius 1 is 1.09 bits per heavy atom. The van der Waals surface area contributed by atoms with Gasteiger partial charge in [0.25, 0.3) is 11.8 Å². The number of rotatable bonds is 6. The number of amides is 3. The van der Waals surface area contributed by atoms with E-state index in [9.17, 15) is 19.2 Å². The Labute approximate surface area is 132 Å². The summed E-state index contributed by atoms with van der Waals surface area (Å²) in [6, 6.07) is 6.51. The van der Waals surface area contributed by atoms with Gasteiger partial charge < -0.3 is 14.8 Å². The molecule has 0 aliphatic rings. The number of hydrogen-bond donors (Lipinski definition) is 3. The summed E-state index contributed by atoms with van der Waals surface area (Å²) in [6.45, 7) is 0.216. The van der Waals surface area contributed by atoms with Crippen LogP contribution < -0.4 is 20.9 Å². The second kappa shape index (κ2) is 9.03. The van der Waals surface area contributed by atoms with Crippen molar-refractivity contribution in [2.24, 2.45) is 0 Å². The number of esters is 1. The summed E-state index contributed by atoms with van der Waals surface area (Å²) in [5, 5.41) is 2.35. The van der Waals surface area contributed by atoms with E-state index in [2.05, 4.69) is 10.1 Å². The van der Waals surface area contributed by atoms with E-state index >= 15 is 0 Å². The van der Waals surface area contributed by atoms with Gasteiger partial charge in [-0.05, 0) is 12.1 Å². The lowest BCUT2D eigenvalue weighted by Gasteiger charge is -2.09. The average Bonchev–Trinajstić information content (AvgIpc) is 2.55. The van der Waals surface area contributed by atoms with Gasteiger partial charge in [0, 0.05) is 6.92 Å². The molecule has 1 aromatic rings. The summed E-state index contributed by atoms with van der Waals surface area (Å²) in [6.07, 6.45) is 0. The third-order valence-corrected chi connectivity index (χ3v) is 2.49. The van der Waals surface area contributed by atoms with Crippen LogP contribution in [0.5, 0.6) is 5.75 Å². The molecule has 0 saturated heterocycles. The number of nitrogens with one attached hydrogen (secondary N) is 3. The fourth-order valence-corrected chi connectivity index (χ4v) is 1.47. The minimum atomic E-state index is -0.800. The third-order valence-electron chi connectivity index (χ3n) is 2.49. The van der Waals surface area contributed by atoms with Crippen LogP contribution in [0, 0.1) is 0 Å². The molecule has 0 fully saturated rings. The highest BCUT2D eigenvalue weighted by molar-refractivity contribution is 5.98. The molecule has 0 heterocycles. The van der Waals surface area contributed by atoms with E-state index in [0.29, 0.717) is 5.75 Å². The molecule has 9 nitrogen and oxygen atoms in total. The van der Waals surface area contributed by atoms with Crippen LogP contribution in [-0.2, 0) is 19.1 Å². The summed E-state index contributed by atoms with van der Waals surface area (Å²) in [4.78, 5) is 45.1. The van der Waals surface area contributed by atoms with Crippen LogP contribution in [0.1, 0.15) is 17.3 Å². The maximum absolute atomic E-state index is 11.9. The molecule has 23 heavy (non-hydrogen) atoms. The van der Waals surface area contributed by atoms with E-state index in [0.717, 1.165) is 0 Å². The first-order chi connectivity index (χ1) is 10.9. The van der Waals surface area contributed by atoms with E-state index in [1.807, 2.05) is 10.9 Å². The fraction of sp³-hybridized carbons (Fsp3) is 0.286. The second-order valence-electron chi connectivity index (χ2n) is 4.27. The van der Waals surface area contributed by atoms with E-state index in [4.69, 9.17) is 4.74 Å². The van der Waals surface area contributed by atoms with Crippen LogP contribution in [0.4, 0.5) is 0 Å². The largest absolute Gasteiger partial charge is 0.496 e. The van der Waals surface area contributed by atoms with Crippen molar-refractivity contribution in [2.75, 3.05) is 20.3 Å². The lowest BCUT2D eigenvalue weighted by Crippen LogP contribution is -2.43. The van der Waals surface area contributed by atoms with Gasteiger partial charge in [-0.15, -0.1) is 0 Å². The van der Waals surface area contributed by atoms with Crippen molar-refractivity contribution in [1.29, 1.82) is 0 Å². The number of benzene rings is 1. The van der Waals surface area contributed by atoms with Crippen LogP contribution in [0.3, 0.4) is 0 Å². The number of hydrazine groups is 1. The summed E-state index contributed by atoms with van der Waals surface area (Å²) in [5.74, 6) is -2.11. The SMILES string of the molecule is COc1ccccc1C(=O)NCC(=O)OCC(=O)NNC(C)=O. The highest BCUT2D eigenvalue weighted by Gasteiger charge is 2.13. The Hall–Kier alpha value is -3.10. The summed E-state index contributed by atoms with van der Waals surface area (Å²) >= 11 is 0. The molecule has 124 valence electrons. The minimum absolute atomic E-state index is 0.270. The zero-order valence-corrected chi connectivity index (χ0v) is 12.7. The Balaban J connectivity index is 2.37. The first kappa shape index (κ1) is 18.0. The molecule has 1 rings (SSSR count). The van der Waals surface area contributed by atoms with Gasteiger partial charge in [-0.2, -0.15) is 0 Å². The number of hydrogen-bond acceptors (Lipinski definition) is 6. The Morgan fingerprint density at radius 2 is 1.78 bits per heavy atom. The van der Waals surface area contributed by atoms with Crippen LogP contribution in [0.25, 0.3) is 0 Å². The van der Waals surface area contributed by atoms with Gasteiger partial charge in [-0.1, -0.05) is 12.1 Å². The van der Waals surface area contributed by atoms with Gasteiger partial charge in [-0.25, -0.2) is 0 Å². The molecule has 3 amide bonds. The molecule has 9 heteroatoms. The van der Waals surface area contributed by atoms with Crippen molar-refractivity contribution in [3.8, 4) is 5.75 Å². The number of para-hydroxylation sites is 1. The second-order valence-corrected chi connectivity index (χ2v) is 4.27. The molecule has 1 aromatic carbocycles. The highest BCUT2D eigenvalue weighted by Crippen LogP contribution is 2.16. The van der Waals surface area contributed by atoms with Gasteiger partial charge in [0.15, 0.2) is 6.61 Å². The number of carbonyl (C=O) groups is 4. The fourth-order valence-electron chi connectivity index (χ4n) is 1.47. The van der Waals surface area contributed by atoms with Gasteiger partial charge >= 0.3 is 5.97 Å². The van der Waals surface area contributed by atoms with Crippen molar-refractivity contribution < 1.29 is 28.7 Å². The van der Waals surface area contributed by atoms with E-state index in [-0.39, 0.29) is 5.56 Å². The molecular weight excluding hydrogens is 306 g/mol. The van der Waals surface area contributed by atoms with Crippen LogP contribution in [-0.4, -0.2) is 44.0 Å². The zero-order chi connectivity index (χ0) is 17.2. The molecule has 0 aliphatic heterocycles. The molecule has 0 bridgehead atoms. The summed E-state index contributed by atoms with van der Waals surface area (Å²) < 4.78 is 9.66. The van der Waals surface area contributed by atoms with Gasteiger partial charge in [0.1, 0.15) is 12.3 Å². The molecular formula is C14H17N3O6. The van der Waals surface area contributed by atoms with Crippen molar-refractivity contribution in [2.45, 2.75) is 6.92 Å². The predicted octanol–water partition coefficient (Wildman–Crippen LogP) is -0.864. The van der Waals surface area contributed by atoms with Crippen LogP contribution in [0.2, 0.25) is 0 Å². The van der Waals surface area contributed by atoms with E-state index < -0.39 is 36.8 Å². The Kier molecular flexibility index (Phi) is 7.05. The first-order valence-corrected chi connectivity index (χ1v) is 6.56. The molecule has 0 radical (unpaired) electrons. The third kappa shape index (κ3) is 6.46. The number of ether oxygens (including phenoxy) is 2. The monoisotopic (exact) mass is 323 g/mol. The van der Waals surface area contributed by atoms with E-state index in [1.54, 1.807) is 24.3 Å². The summed E-state index contributed by atoms with van der Waals surface area (Å²) in [5.41, 5.74) is 4.33. The van der Waals surface area contributed by atoms with Crippen molar-refractivity contribution in [1.82, 2.24) is 16.2 Å². The molecule has 0 saturated carbocycles. The van der Waals surface area contributed by atoms with Crippen molar-refractivity contribution >= 4 is 23.7 Å². The molecule has 0 aromatic heterocycles. The minimum Gasteiger partial charge on any atom is -0.496 e. The standard InChI is InChI=1S/C14H17N3O6/c1-9(18)16-17-12(19)8-23-13(20)7-15-14(21)10-5-3-4-6-11(10)22-2/h3-6H,7-8H2,1-2H3,(H,15,21)(H,16,18)(H,17,19). The Bertz CT molecular complexity index is 602. The van der Waals surface area contributed by atoms with E-state index in [1.165, 1.54) is 14.0 Å². The zero-order valence-electron chi connectivity index (χ0n) is 12.7. The smallest absolute Gasteiger partial charge is 0.325 e. The topological polar surface area (TPSA) is 123 Å². The normalized spacial score (nSPS) is 9.48. The number of carbonyl (C=O) groups excluding carboxylic acids is 4. The lowest BCUT2D eigenvalue weighted by molar-refractivity contribution is -0.148. The Morgan fingerprint density at radius 3 is 2.43 bits per heavy atom. The molecule has 0 spiro atoms. The van der Waals surface area contributed by atoms with Crippen molar-refractivity contribution in [3.63, 3.8) is 0 Å². The summed E-state index contributed by atoms with van der Waals surface area (Å²) in [7, 11) is 1.42. The molecule has 0 aliphatic carbocycles. The molecule has 3 N–H and O–H groups in total. The maximum atomic E-state index is 11.9. The first-order valence-electron chi connectivity index (χ1n) is 6.56. The van der Waals surface area contributed by atoms with Gasteiger partial charge in [0.05, 0.1) is 12.7 Å². The van der Waals surface area contributed by atoms with Crippen molar-refractivity contribution in [3.05, 3.63) is 29.8 Å². The number of methoxy groups -OCH3 is 1. The quantitative estimate of drug-likeness (QED) is 0.462. The van der Waals surface area contributed by atoms with Gasteiger partial charge in [0.2, 0.25) is 5.91 Å². The molecule has 0 atom stereocenters. The maximum Gasteiger partial charge on any atom is 0.325 e. The molecule has 0 unspecified atom stereocenters. The predicted molar refractivity (Wildman–Crippen MR) is 78.2 cm³/mol. The highest BCUT2D eigenvalue weighted by atomic mass is 16.5. The lowest BCUT2D eigenvalue weighted by atomic mass is 10.2. The average molecular weight is 323 g/mol. The van der Waals surface area contributed by atoms with Crippen LogP contribution >= 0.6 is 0 Å². The van der Waals surface area contributed by atoms with Crippen LogP contribution in [0.15, 0.2) is 24.3 Å². The van der Waals surface area contributed by atoms with Gasteiger partial charge in [-0.3, -0.25) is 30.0 Å².